The Morgan fingerprint density at radius 1 is 1.04 bits per heavy atom. The van der Waals surface area contributed by atoms with Crippen molar-refractivity contribution in [2.75, 3.05) is 39.4 Å². The summed E-state index contributed by atoms with van der Waals surface area (Å²) in [6.07, 6.45) is 11.5. The first-order valence-corrected chi connectivity index (χ1v) is 10.1. The molecule has 4 fully saturated rings. The lowest BCUT2D eigenvalue weighted by molar-refractivity contribution is 0.108. The third-order valence-electron chi connectivity index (χ3n) is 6.78. The first-order valence-electron chi connectivity index (χ1n) is 10.1. The second kappa shape index (κ2) is 7.20. The van der Waals surface area contributed by atoms with Gasteiger partial charge < -0.3 is 15.0 Å². The number of nitrogens with zero attached hydrogens (tertiary/aromatic N) is 2. The molecule has 1 saturated carbocycles. The molecule has 1 N–H and O–H groups in total. The van der Waals surface area contributed by atoms with Crippen LogP contribution in [-0.2, 0) is 4.74 Å². The minimum atomic E-state index is 0.161. The number of carbonyl (C=O) groups excluding carboxylic acids is 1. The van der Waals surface area contributed by atoms with Crippen molar-refractivity contribution in [1.29, 1.82) is 0 Å². The fourth-order valence-corrected chi connectivity index (χ4v) is 5.25. The van der Waals surface area contributed by atoms with Crippen LogP contribution >= 0.6 is 0 Å². The van der Waals surface area contributed by atoms with Crippen molar-refractivity contribution in [3.63, 3.8) is 0 Å². The number of hydrogen-bond donors (Lipinski definition) is 1. The molecule has 2 atom stereocenters. The molecule has 0 unspecified atom stereocenters. The third kappa shape index (κ3) is 3.57. The molecule has 2 amide bonds. The number of urea groups is 1. The Balaban J connectivity index is 1.27. The number of amides is 2. The highest BCUT2D eigenvalue weighted by molar-refractivity contribution is 5.75. The molecule has 5 heteroatoms. The number of hydrogen-bond acceptors (Lipinski definition) is 3. The smallest absolute Gasteiger partial charge is 0.317 e. The zero-order valence-corrected chi connectivity index (χ0v) is 15.0. The molecule has 0 radical (unpaired) electrons. The highest BCUT2D eigenvalue weighted by atomic mass is 16.5. The van der Waals surface area contributed by atoms with E-state index in [4.69, 9.17) is 4.74 Å². The highest BCUT2D eigenvalue weighted by Crippen LogP contribution is 2.38. The van der Waals surface area contributed by atoms with Crippen LogP contribution < -0.4 is 5.32 Å². The summed E-state index contributed by atoms with van der Waals surface area (Å²) in [5, 5.41) is 3.34. The van der Waals surface area contributed by atoms with Crippen molar-refractivity contribution in [3.8, 4) is 0 Å². The molecule has 4 rings (SSSR count). The van der Waals surface area contributed by atoms with Crippen LogP contribution in [0.3, 0.4) is 0 Å². The summed E-state index contributed by atoms with van der Waals surface area (Å²) in [4.78, 5) is 17.4. The van der Waals surface area contributed by atoms with E-state index in [-0.39, 0.29) is 11.4 Å². The van der Waals surface area contributed by atoms with Crippen LogP contribution in [0, 0.1) is 5.41 Å². The number of ether oxygens (including phenoxy) is 1. The number of piperidine rings is 1. The van der Waals surface area contributed by atoms with Gasteiger partial charge in [0.15, 0.2) is 0 Å². The average Bonchev–Trinajstić information content (AvgIpc) is 3.26. The maximum absolute atomic E-state index is 12.7. The fraction of sp³-hybridized carbons (Fsp3) is 0.947. The molecule has 24 heavy (non-hydrogen) atoms. The zero-order valence-electron chi connectivity index (χ0n) is 15.0. The quantitative estimate of drug-likeness (QED) is 0.844. The Hall–Kier alpha value is -0.810. The van der Waals surface area contributed by atoms with Crippen LogP contribution in [0.15, 0.2) is 0 Å². The molecule has 0 aromatic carbocycles. The SMILES string of the molecule is O=C(N[C@H]1CCCN(C2CCCCC2)C1)N1CC[C@]2(CCOC2)C1. The Bertz CT molecular complexity index is 444. The molecule has 0 bridgehead atoms. The van der Waals surface area contributed by atoms with Crippen molar-refractivity contribution in [1.82, 2.24) is 15.1 Å². The summed E-state index contributed by atoms with van der Waals surface area (Å²) in [7, 11) is 0. The molecule has 136 valence electrons. The van der Waals surface area contributed by atoms with E-state index in [9.17, 15) is 4.79 Å². The van der Waals surface area contributed by atoms with Crippen molar-refractivity contribution < 1.29 is 9.53 Å². The van der Waals surface area contributed by atoms with Crippen molar-refractivity contribution >= 4 is 6.03 Å². The predicted octanol–water partition coefficient (Wildman–Crippen LogP) is 2.61. The van der Waals surface area contributed by atoms with E-state index >= 15 is 0 Å². The summed E-state index contributed by atoms with van der Waals surface area (Å²) in [5.41, 5.74) is 0.262. The monoisotopic (exact) mass is 335 g/mol. The van der Waals surface area contributed by atoms with Gasteiger partial charge in [-0.05, 0) is 45.1 Å². The van der Waals surface area contributed by atoms with E-state index in [1.807, 2.05) is 4.90 Å². The maximum atomic E-state index is 12.7. The van der Waals surface area contributed by atoms with Crippen LogP contribution in [-0.4, -0.2) is 67.3 Å². The van der Waals surface area contributed by atoms with Gasteiger partial charge in [0.05, 0.1) is 6.61 Å². The molecule has 0 aromatic rings. The summed E-state index contributed by atoms with van der Waals surface area (Å²) >= 11 is 0. The van der Waals surface area contributed by atoms with Gasteiger partial charge in [-0.1, -0.05) is 19.3 Å². The molecular weight excluding hydrogens is 302 g/mol. The van der Waals surface area contributed by atoms with Gasteiger partial charge >= 0.3 is 6.03 Å². The van der Waals surface area contributed by atoms with Gasteiger partial charge in [-0.2, -0.15) is 0 Å². The van der Waals surface area contributed by atoms with E-state index in [2.05, 4.69) is 10.2 Å². The van der Waals surface area contributed by atoms with Crippen LogP contribution in [0.25, 0.3) is 0 Å². The Kier molecular flexibility index (Phi) is 5.00. The summed E-state index contributed by atoms with van der Waals surface area (Å²) in [6, 6.07) is 1.27. The van der Waals surface area contributed by atoms with Crippen molar-refractivity contribution in [3.05, 3.63) is 0 Å². The topological polar surface area (TPSA) is 44.8 Å². The lowest BCUT2D eigenvalue weighted by Crippen LogP contribution is -2.53. The molecule has 1 spiro atoms. The lowest BCUT2D eigenvalue weighted by atomic mass is 9.87. The summed E-state index contributed by atoms with van der Waals surface area (Å²) in [5.74, 6) is 0. The van der Waals surface area contributed by atoms with Gasteiger partial charge in [0.25, 0.3) is 0 Å². The maximum Gasteiger partial charge on any atom is 0.317 e. The number of likely N-dealkylation sites (tertiary alicyclic amines) is 2. The Morgan fingerprint density at radius 3 is 2.71 bits per heavy atom. The standard InChI is InChI=1S/C19H33N3O2/c23-18(22-11-8-19(14-22)9-12-24-15-19)20-16-5-4-10-21(13-16)17-6-2-1-3-7-17/h16-17H,1-15H2,(H,20,23)/t16-,19-/m0/s1. The van der Waals surface area contributed by atoms with E-state index in [0.717, 1.165) is 58.2 Å². The third-order valence-corrected chi connectivity index (χ3v) is 6.78. The van der Waals surface area contributed by atoms with Crippen LogP contribution in [0.2, 0.25) is 0 Å². The highest BCUT2D eigenvalue weighted by Gasteiger charge is 2.43. The van der Waals surface area contributed by atoms with Crippen molar-refractivity contribution in [2.24, 2.45) is 5.41 Å². The number of nitrogens with one attached hydrogen (secondary N) is 1. The van der Waals surface area contributed by atoms with Gasteiger partial charge in [0.1, 0.15) is 0 Å². The van der Waals surface area contributed by atoms with E-state index in [0.29, 0.717) is 6.04 Å². The minimum absolute atomic E-state index is 0.161. The van der Waals surface area contributed by atoms with Gasteiger partial charge in [0, 0.05) is 43.7 Å². The average molecular weight is 335 g/mol. The number of rotatable bonds is 2. The van der Waals surface area contributed by atoms with E-state index in [1.165, 1.54) is 45.1 Å². The van der Waals surface area contributed by atoms with E-state index < -0.39 is 0 Å². The van der Waals surface area contributed by atoms with Gasteiger partial charge in [-0.25, -0.2) is 4.79 Å². The summed E-state index contributed by atoms with van der Waals surface area (Å²) < 4.78 is 5.58. The first kappa shape index (κ1) is 16.6. The van der Waals surface area contributed by atoms with Crippen LogP contribution in [0.4, 0.5) is 4.79 Å². The molecule has 3 heterocycles. The van der Waals surface area contributed by atoms with Gasteiger partial charge in [0.2, 0.25) is 0 Å². The zero-order chi connectivity index (χ0) is 16.4. The molecule has 4 aliphatic rings. The molecule has 3 saturated heterocycles. The first-order chi connectivity index (χ1) is 11.7. The summed E-state index contributed by atoms with van der Waals surface area (Å²) in [6.45, 7) is 5.77. The van der Waals surface area contributed by atoms with Crippen LogP contribution in [0.5, 0.6) is 0 Å². The second-order valence-corrected chi connectivity index (χ2v) is 8.55. The molecule has 5 nitrogen and oxygen atoms in total. The molecule has 0 aromatic heterocycles. The Labute approximate surface area is 146 Å². The lowest BCUT2D eigenvalue weighted by Gasteiger charge is -2.40. The predicted molar refractivity (Wildman–Crippen MR) is 94.1 cm³/mol. The number of carbonyl (C=O) groups is 1. The molecular formula is C19H33N3O2. The fourth-order valence-electron chi connectivity index (χ4n) is 5.25. The van der Waals surface area contributed by atoms with Gasteiger partial charge in [-0.3, -0.25) is 4.90 Å². The largest absolute Gasteiger partial charge is 0.381 e. The minimum Gasteiger partial charge on any atom is -0.381 e. The molecule has 3 aliphatic heterocycles. The molecule has 1 aliphatic carbocycles. The van der Waals surface area contributed by atoms with Crippen molar-refractivity contribution in [2.45, 2.75) is 69.9 Å². The van der Waals surface area contributed by atoms with Gasteiger partial charge in [-0.15, -0.1) is 0 Å². The van der Waals surface area contributed by atoms with Crippen LogP contribution in [0.1, 0.15) is 57.8 Å². The second-order valence-electron chi connectivity index (χ2n) is 8.55. The normalized spacial score (nSPS) is 35.7. The van der Waals surface area contributed by atoms with E-state index in [1.54, 1.807) is 0 Å². The Morgan fingerprint density at radius 2 is 1.92 bits per heavy atom.